The number of hydrogen-bond acceptors (Lipinski definition) is 5. The van der Waals surface area contributed by atoms with Gasteiger partial charge in [0.1, 0.15) is 11.5 Å². The Morgan fingerprint density at radius 3 is 2.36 bits per heavy atom. The summed E-state index contributed by atoms with van der Waals surface area (Å²) in [5.41, 5.74) is 4.24. The summed E-state index contributed by atoms with van der Waals surface area (Å²) in [6, 6.07) is 19.6. The van der Waals surface area contributed by atoms with Crippen molar-refractivity contribution in [2.75, 3.05) is 4.90 Å². The highest BCUT2D eigenvalue weighted by molar-refractivity contribution is 6.51. The Hall–Kier alpha value is -4.39. The van der Waals surface area contributed by atoms with Gasteiger partial charge < -0.3 is 14.8 Å². The molecule has 0 spiro atoms. The quantitative estimate of drug-likeness (QED) is 0.175. The van der Waals surface area contributed by atoms with Crippen molar-refractivity contribution in [1.82, 2.24) is 9.97 Å². The van der Waals surface area contributed by atoms with Gasteiger partial charge in [-0.3, -0.25) is 14.5 Å². The molecule has 2 heterocycles. The SMILES string of the molecule is Cc1ccc(C(C)(C)C)cc1/C(O)=C1\C(=O)C(=O)N(c2nc3ccccc3[nH]2)C1c1ccc(OC(C)C)cc1. The first-order valence-corrected chi connectivity index (χ1v) is 13.1. The lowest BCUT2D eigenvalue weighted by Gasteiger charge is -2.24. The van der Waals surface area contributed by atoms with E-state index < -0.39 is 17.7 Å². The Bertz CT molecular complexity index is 1570. The number of nitrogens with zero attached hydrogens (tertiary/aromatic N) is 2. The molecule has 1 amide bonds. The van der Waals surface area contributed by atoms with E-state index in [1.165, 1.54) is 4.90 Å². The fourth-order valence-electron chi connectivity index (χ4n) is 4.91. The first kappa shape index (κ1) is 26.2. The molecule has 200 valence electrons. The summed E-state index contributed by atoms with van der Waals surface area (Å²) in [6.45, 7) is 12.0. The molecule has 1 unspecified atom stereocenters. The van der Waals surface area contributed by atoms with Crippen molar-refractivity contribution in [2.24, 2.45) is 0 Å². The smallest absolute Gasteiger partial charge is 0.302 e. The second-order valence-corrected chi connectivity index (χ2v) is 11.3. The lowest BCUT2D eigenvalue weighted by Crippen LogP contribution is -2.30. The van der Waals surface area contributed by atoms with Gasteiger partial charge in [-0.25, -0.2) is 4.98 Å². The molecule has 0 bridgehead atoms. The van der Waals surface area contributed by atoms with Crippen LogP contribution in [0.2, 0.25) is 0 Å². The third kappa shape index (κ3) is 4.80. The Kier molecular flexibility index (Phi) is 6.54. The minimum absolute atomic E-state index is 0.00453. The van der Waals surface area contributed by atoms with E-state index in [0.29, 0.717) is 22.4 Å². The number of amides is 1. The molecule has 0 radical (unpaired) electrons. The number of carbonyl (C=O) groups is 2. The van der Waals surface area contributed by atoms with Crippen LogP contribution in [0.15, 0.2) is 72.3 Å². The minimum atomic E-state index is -0.892. The predicted octanol–water partition coefficient (Wildman–Crippen LogP) is 6.58. The zero-order chi connectivity index (χ0) is 28.1. The predicted molar refractivity (Wildman–Crippen MR) is 153 cm³/mol. The fraction of sp³-hybridized carbons (Fsp3) is 0.281. The zero-order valence-electron chi connectivity index (χ0n) is 23.1. The lowest BCUT2D eigenvalue weighted by molar-refractivity contribution is -0.132. The van der Waals surface area contributed by atoms with E-state index in [9.17, 15) is 14.7 Å². The number of carbonyl (C=O) groups excluding carboxylic acids is 2. The van der Waals surface area contributed by atoms with Gasteiger partial charge in [0.25, 0.3) is 5.78 Å². The van der Waals surface area contributed by atoms with E-state index in [2.05, 4.69) is 30.7 Å². The number of para-hydroxylation sites is 2. The molecule has 1 aromatic heterocycles. The van der Waals surface area contributed by atoms with Crippen LogP contribution in [0.5, 0.6) is 5.75 Å². The van der Waals surface area contributed by atoms with Crippen LogP contribution in [0.4, 0.5) is 5.95 Å². The van der Waals surface area contributed by atoms with Crippen LogP contribution < -0.4 is 9.64 Å². The standard InChI is InChI=1S/C32H33N3O4/c1-18(2)39-22-15-12-20(13-16-22)27-26(28(36)23-17-21(32(4,5)6)14-11-19(23)3)29(37)30(38)35(27)31-33-24-9-7-8-10-25(24)34-31/h7-18,27,36H,1-6H3,(H,33,34)/b28-26+. The maximum absolute atomic E-state index is 13.6. The summed E-state index contributed by atoms with van der Waals surface area (Å²) >= 11 is 0. The Labute approximate surface area is 228 Å². The number of nitrogens with one attached hydrogen (secondary N) is 1. The molecule has 0 aliphatic carbocycles. The summed E-state index contributed by atoms with van der Waals surface area (Å²) in [5, 5.41) is 11.7. The highest BCUT2D eigenvalue weighted by atomic mass is 16.5. The number of H-pyrrole nitrogens is 1. The van der Waals surface area contributed by atoms with Crippen molar-refractivity contribution in [3.8, 4) is 5.75 Å². The molecule has 1 atom stereocenters. The van der Waals surface area contributed by atoms with Crippen LogP contribution in [0.25, 0.3) is 16.8 Å². The van der Waals surface area contributed by atoms with Crippen molar-refractivity contribution in [1.29, 1.82) is 0 Å². The maximum Gasteiger partial charge on any atom is 0.302 e. The second-order valence-electron chi connectivity index (χ2n) is 11.3. The van der Waals surface area contributed by atoms with Gasteiger partial charge in [-0.1, -0.05) is 57.2 Å². The topological polar surface area (TPSA) is 95.5 Å². The molecule has 7 heteroatoms. The molecule has 0 saturated carbocycles. The molecule has 4 aromatic rings. The number of aromatic amines is 1. The van der Waals surface area contributed by atoms with Crippen LogP contribution in [0.1, 0.15) is 62.9 Å². The molecule has 39 heavy (non-hydrogen) atoms. The van der Waals surface area contributed by atoms with Crippen LogP contribution in [-0.2, 0) is 15.0 Å². The second kappa shape index (κ2) is 9.73. The minimum Gasteiger partial charge on any atom is -0.507 e. The Balaban J connectivity index is 1.72. The zero-order valence-corrected chi connectivity index (χ0v) is 23.1. The van der Waals surface area contributed by atoms with Crippen molar-refractivity contribution in [2.45, 2.75) is 59.1 Å². The first-order chi connectivity index (χ1) is 18.5. The van der Waals surface area contributed by atoms with Gasteiger partial charge in [-0.15, -0.1) is 0 Å². The van der Waals surface area contributed by atoms with Crippen LogP contribution >= 0.6 is 0 Å². The molecular formula is C32H33N3O4. The van der Waals surface area contributed by atoms with Crippen LogP contribution in [-0.4, -0.2) is 32.9 Å². The Morgan fingerprint density at radius 2 is 1.72 bits per heavy atom. The van der Waals surface area contributed by atoms with E-state index in [4.69, 9.17) is 4.74 Å². The summed E-state index contributed by atoms with van der Waals surface area (Å²) in [5.74, 6) is -0.815. The van der Waals surface area contributed by atoms with Gasteiger partial charge in [-0.05, 0) is 73.2 Å². The van der Waals surface area contributed by atoms with Gasteiger partial charge in [0, 0.05) is 5.56 Å². The normalized spacial score (nSPS) is 17.4. The Morgan fingerprint density at radius 1 is 1.03 bits per heavy atom. The summed E-state index contributed by atoms with van der Waals surface area (Å²) in [7, 11) is 0. The largest absolute Gasteiger partial charge is 0.507 e. The number of ketones is 1. The van der Waals surface area contributed by atoms with Crippen molar-refractivity contribution >= 4 is 34.4 Å². The number of imidazole rings is 1. The van der Waals surface area contributed by atoms with Gasteiger partial charge in [0.2, 0.25) is 5.95 Å². The number of anilines is 1. The average Bonchev–Trinajstić information content (AvgIpc) is 3.42. The molecule has 1 aliphatic rings. The monoisotopic (exact) mass is 523 g/mol. The maximum atomic E-state index is 13.6. The summed E-state index contributed by atoms with van der Waals surface area (Å²) < 4.78 is 5.80. The van der Waals surface area contributed by atoms with Gasteiger partial charge in [0.05, 0.1) is 28.8 Å². The highest BCUT2D eigenvalue weighted by Crippen LogP contribution is 2.43. The van der Waals surface area contributed by atoms with E-state index in [1.807, 2.05) is 75.4 Å². The van der Waals surface area contributed by atoms with Gasteiger partial charge in [0.15, 0.2) is 0 Å². The van der Waals surface area contributed by atoms with Crippen molar-refractivity contribution in [3.63, 3.8) is 0 Å². The van der Waals surface area contributed by atoms with E-state index >= 15 is 0 Å². The number of fused-ring (bicyclic) bond motifs is 1. The number of aliphatic hydroxyl groups excluding tert-OH is 1. The van der Waals surface area contributed by atoms with Crippen molar-refractivity contribution in [3.05, 3.63) is 94.6 Å². The molecule has 1 saturated heterocycles. The van der Waals surface area contributed by atoms with Crippen molar-refractivity contribution < 1.29 is 19.4 Å². The average molecular weight is 524 g/mol. The van der Waals surface area contributed by atoms with Crippen LogP contribution in [0, 0.1) is 6.92 Å². The summed E-state index contributed by atoms with van der Waals surface area (Å²) in [6.07, 6.45) is -0.00453. The fourth-order valence-corrected chi connectivity index (χ4v) is 4.91. The number of Topliss-reactive ketones (excluding diaryl/α,β-unsaturated/α-hetero) is 1. The molecule has 1 aliphatic heterocycles. The summed E-state index contributed by atoms with van der Waals surface area (Å²) in [4.78, 5) is 36.3. The number of hydrogen-bond donors (Lipinski definition) is 2. The molecule has 5 rings (SSSR count). The molecule has 2 N–H and O–H groups in total. The number of benzene rings is 3. The molecule has 3 aromatic carbocycles. The van der Waals surface area contributed by atoms with E-state index in [-0.39, 0.29) is 28.8 Å². The lowest BCUT2D eigenvalue weighted by atomic mass is 9.84. The molecular weight excluding hydrogens is 490 g/mol. The number of aromatic nitrogens is 2. The number of ether oxygens (including phenoxy) is 1. The first-order valence-electron chi connectivity index (χ1n) is 13.1. The molecule has 7 nitrogen and oxygen atoms in total. The number of aliphatic hydroxyl groups is 1. The van der Waals surface area contributed by atoms with Gasteiger partial charge >= 0.3 is 5.91 Å². The van der Waals surface area contributed by atoms with Gasteiger partial charge in [-0.2, -0.15) is 0 Å². The van der Waals surface area contributed by atoms with Crippen LogP contribution in [0.3, 0.4) is 0 Å². The van der Waals surface area contributed by atoms with E-state index in [0.717, 1.165) is 16.6 Å². The number of rotatable bonds is 5. The molecule has 1 fully saturated rings. The third-order valence-corrected chi connectivity index (χ3v) is 6.98. The third-order valence-electron chi connectivity index (χ3n) is 6.98. The number of aryl methyl sites for hydroxylation is 1. The van der Waals surface area contributed by atoms with E-state index in [1.54, 1.807) is 12.1 Å². The highest BCUT2D eigenvalue weighted by Gasteiger charge is 2.48.